The Kier molecular flexibility index (Phi) is 17.2. The summed E-state index contributed by atoms with van der Waals surface area (Å²) in [5.41, 5.74) is 0. The molecule has 0 aliphatic heterocycles. The van der Waals surface area contributed by atoms with Crippen LogP contribution in [0.3, 0.4) is 0 Å². The van der Waals surface area contributed by atoms with Gasteiger partial charge in [0.15, 0.2) is 0 Å². The van der Waals surface area contributed by atoms with Crippen molar-refractivity contribution in [3.63, 3.8) is 0 Å². The number of unbranched alkanes of at least 4 members (excludes halogenated alkanes) is 12. The Bertz CT molecular complexity index is 416. The standard InChI is InChI=1S/C26H54O2Si2/c1-7-9-11-13-15-17-19-21-25(27)29(3,4)23-24-30(5,6)26(28)22-20-18-16-14-12-10-8-2/h7-24H2,1-6H3. The minimum atomic E-state index is -1.86. The van der Waals surface area contributed by atoms with Crippen molar-refractivity contribution in [1.29, 1.82) is 0 Å². The normalized spacial score (nSPS) is 12.3. The van der Waals surface area contributed by atoms with Crippen LogP contribution in [0.5, 0.6) is 0 Å². The highest BCUT2D eigenvalue weighted by molar-refractivity contribution is 7.08. The molecule has 0 aliphatic carbocycles. The van der Waals surface area contributed by atoms with Gasteiger partial charge in [0.05, 0.1) is 0 Å². The lowest BCUT2D eigenvalue weighted by Crippen LogP contribution is -2.43. The van der Waals surface area contributed by atoms with Gasteiger partial charge in [-0.25, -0.2) is 0 Å². The van der Waals surface area contributed by atoms with Gasteiger partial charge in [-0.2, -0.15) is 0 Å². The zero-order valence-corrected chi connectivity index (χ0v) is 23.5. The number of rotatable bonds is 21. The molecule has 0 saturated heterocycles. The SMILES string of the molecule is CCCCCCCCCC(=O)[Si](C)(C)CC[Si](C)(C)C(=O)CCCCCCCCC. The van der Waals surface area contributed by atoms with Crippen LogP contribution < -0.4 is 0 Å². The monoisotopic (exact) mass is 454 g/mol. The average molecular weight is 455 g/mol. The Morgan fingerprint density at radius 3 is 1.03 bits per heavy atom. The van der Waals surface area contributed by atoms with E-state index in [9.17, 15) is 9.59 Å². The van der Waals surface area contributed by atoms with Crippen molar-refractivity contribution in [1.82, 2.24) is 0 Å². The van der Waals surface area contributed by atoms with E-state index in [4.69, 9.17) is 0 Å². The molecule has 0 unspecified atom stereocenters. The summed E-state index contributed by atoms with van der Waals surface area (Å²) in [5.74, 6) is 0. The predicted octanol–water partition coefficient (Wildman–Crippen LogP) is 8.90. The molecule has 4 heteroatoms. The molecule has 0 spiro atoms. The van der Waals surface area contributed by atoms with Crippen molar-refractivity contribution in [2.24, 2.45) is 0 Å². The molecule has 0 aromatic carbocycles. The lowest BCUT2D eigenvalue weighted by atomic mass is 10.1. The Morgan fingerprint density at radius 2 is 0.733 bits per heavy atom. The van der Waals surface area contributed by atoms with Crippen molar-refractivity contribution < 1.29 is 9.59 Å². The molecule has 0 aromatic heterocycles. The Hall–Kier alpha value is -0.226. The first-order valence-corrected chi connectivity index (χ1v) is 19.7. The third kappa shape index (κ3) is 14.7. The highest BCUT2D eigenvalue weighted by Crippen LogP contribution is 2.25. The van der Waals surface area contributed by atoms with E-state index in [1.807, 2.05) is 0 Å². The van der Waals surface area contributed by atoms with Gasteiger partial charge < -0.3 is 9.59 Å². The van der Waals surface area contributed by atoms with Crippen LogP contribution in [-0.4, -0.2) is 27.0 Å². The van der Waals surface area contributed by atoms with E-state index >= 15 is 0 Å². The molecule has 0 rings (SSSR count). The van der Waals surface area contributed by atoms with E-state index < -0.39 is 16.1 Å². The van der Waals surface area contributed by atoms with E-state index in [0.717, 1.165) is 37.8 Å². The van der Waals surface area contributed by atoms with E-state index in [1.165, 1.54) is 77.0 Å². The second-order valence-corrected chi connectivity index (χ2v) is 20.5. The van der Waals surface area contributed by atoms with Crippen LogP contribution in [-0.2, 0) is 9.59 Å². The summed E-state index contributed by atoms with van der Waals surface area (Å²) in [6.45, 7) is 13.4. The van der Waals surface area contributed by atoms with Crippen LogP contribution in [0.15, 0.2) is 0 Å². The third-order valence-electron chi connectivity index (χ3n) is 6.90. The fourth-order valence-electron chi connectivity index (χ4n) is 4.07. The van der Waals surface area contributed by atoms with Crippen LogP contribution in [0.4, 0.5) is 0 Å². The van der Waals surface area contributed by atoms with E-state index in [0.29, 0.717) is 10.8 Å². The van der Waals surface area contributed by atoms with Crippen molar-refractivity contribution in [2.45, 2.75) is 155 Å². The predicted molar refractivity (Wildman–Crippen MR) is 140 cm³/mol. The molecule has 0 amide bonds. The smallest absolute Gasteiger partial charge is 0.126 e. The molecule has 2 nitrogen and oxygen atoms in total. The summed E-state index contributed by atoms with van der Waals surface area (Å²) in [5, 5.41) is 1.08. The van der Waals surface area contributed by atoms with Crippen molar-refractivity contribution in [2.75, 3.05) is 0 Å². The van der Waals surface area contributed by atoms with Gasteiger partial charge in [-0.1, -0.05) is 129 Å². The quantitative estimate of drug-likeness (QED) is 0.128. The van der Waals surface area contributed by atoms with Crippen LogP contribution in [0.1, 0.15) is 117 Å². The molecular formula is C26H54O2Si2. The van der Waals surface area contributed by atoms with Gasteiger partial charge in [0.25, 0.3) is 0 Å². The lowest BCUT2D eigenvalue weighted by molar-refractivity contribution is -0.113. The van der Waals surface area contributed by atoms with Gasteiger partial charge in [0.2, 0.25) is 0 Å². The maximum atomic E-state index is 12.8. The van der Waals surface area contributed by atoms with Crippen molar-refractivity contribution in [3.8, 4) is 0 Å². The molecule has 0 aliphatic rings. The second-order valence-electron chi connectivity index (χ2n) is 10.9. The summed E-state index contributed by atoms with van der Waals surface area (Å²) in [7, 11) is -3.71. The molecule has 0 atom stereocenters. The number of hydrogen-bond donors (Lipinski definition) is 0. The topological polar surface area (TPSA) is 34.1 Å². The van der Waals surface area contributed by atoms with Gasteiger partial charge in [-0.15, -0.1) is 0 Å². The molecule has 0 bridgehead atoms. The third-order valence-corrected chi connectivity index (χ3v) is 13.9. The van der Waals surface area contributed by atoms with Gasteiger partial charge in [-0.3, -0.25) is 0 Å². The number of carbonyl (C=O) groups is 2. The van der Waals surface area contributed by atoms with Crippen molar-refractivity contribution in [3.05, 3.63) is 0 Å². The maximum Gasteiger partial charge on any atom is 0.126 e. The first-order chi connectivity index (χ1) is 14.2. The first kappa shape index (κ1) is 29.8. The summed E-state index contributed by atoms with van der Waals surface area (Å²) in [6.07, 6.45) is 19.3. The largest absolute Gasteiger partial charge is 0.305 e. The van der Waals surface area contributed by atoms with Crippen molar-refractivity contribution >= 4 is 27.0 Å². The second kappa shape index (κ2) is 17.3. The maximum absolute atomic E-state index is 12.8. The summed E-state index contributed by atoms with van der Waals surface area (Å²) < 4.78 is 0. The summed E-state index contributed by atoms with van der Waals surface area (Å²) >= 11 is 0. The number of hydrogen-bond acceptors (Lipinski definition) is 2. The number of carbonyl (C=O) groups excluding carboxylic acids is 2. The zero-order chi connectivity index (χ0) is 22.9. The van der Waals surface area contributed by atoms with Crippen LogP contribution >= 0.6 is 0 Å². The molecule has 0 N–H and O–H groups in total. The van der Waals surface area contributed by atoms with E-state index in [-0.39, 0.29) is 0 Å². The lowest BCUT2D eigenvalue weighted by Gasteiger charge is -2.27. The van der Waals surface area contributed by atoms with E-state index in [1.54, 1.807) is 0 Å². The zero-order valence-electron chi connectivity index (χ0n) is 21.5. The highest BCUT2D eigenvalue weighted by atomic mass is 28.3. The Balaban J connectivity index is 4.09. The van der Waals surface area contributed by atoms with Gasteiger partial charge in [-0.05, 0) is 12.8 Å². The van der Waals surface area contributed by atoms with Gasteiger partial charge >= 0.3 is 0 Å². The summed E-state index contributed by atoms with van der Waals surface area (Å²) in [6, 6.07) is 2.04. The van der Waals surface area contributed by atoms with Crippen LogP contribution in [0.2, 0.25) is 38.3 Å². The molecule has 30 heavy (non-hydrogen) atoms. The molecule has 0 heterocycles. The molecule has 0 fully saturated rings. The molecule has 0 radical (unpaired) electrons. The Labute approximate surface area is 191 Å². The first-order valence-electron chi connectivity index (χ1n) is 13.2. The minimum absolute atomic E-state index is 0.542. The van der Waals surface area contributed by atoms with Gasteiger partial charge in [0, 0.05) is 12.8 Å². The van der Waals surface area contributed by atoms with E-state index in [2.05, 4.69) is 40.0 Å². The highest BCUT2D eigenvalue weighted by Gasteiger charge is 2.36. The molecule has 178 valence electrons. The fourth-order valence-corrected chi connectivity index (χ4v) is 11.3. The minimum Gasteiger partial charge on any atom is -0.305 e. The molecule has 0 saturated carbocycles. The van der Waals surface area contributed by atoms with Crippen LogP contribution in [0, 0.1) is 0 Å². The molecular weight excluding hydrogens is 400 g/mol. The Morgan fingerprint density at radius 1 is 0.467 bits per heavy atom. The molecule has 0 aromatic rings. The average Bonchev–Trinajstić information content (AvgIpc) is 2.70. The fraction of sp³-hybridized carbons (Fsp3) is 0.923. The van der Waals surface area contributed by atoms with Crippen LogP contribution in [0.25, 0.3) is 0 Å². The van der Waals surface area contributed by atoms with Gasteiger partial charge in [0.1, 0.15) is 27.0 Å². The summed E-state index contributed by atoms with van der Waals surface area (Å²) in [4.78, 5) is 25.6.